The second-order valence-corrected chi connectivity index (χ2v) is 10.4. The van der Waals surface area contributed by atoms with E-state index in [-0.39, 0.29) is 39.5 Å². The maximum atomic E-state index is 15.3. The Balaban J connectivity index is 1.32. The van der Waals surface area contributed by atoms with E-state index < -0.39 is 64.4 Å². The van der Waals surface area contributed by atoms with Crippen molar-refractivity contribution >= 4 is 31.0 Å². The summed E-state index contributed by atoms with van der Waals surface area (Å²) in [4.78, 5) is 54.4. The number of nitrogens with zero attached hydrogens (tertiary/aromatic N) is 8. The summed E-state index contributed by atoms with van der Waals surface area (Å²) in [5.41, 5.74) is -1.80. The van der Waals surface area contributed by atoms with Crippen LogP contribution in [0.3, 0.4) is 0 Å². The number of aromatic nitrogens is 8. The summed E-state index contributed by atoms with van der Waals surface area (Å²) in [6, 6.07) is 3.85. The molecule has 15 nitrogen and oxygen atoms in total. The highest BCUT2D eigenvalue weighted by molar-refractivity contribution is 7.39. The highest BCUT2D eigenvalue weighted by atomic mass is 31.2. The fourth-order valence-corrected chi connectivity index (χ4v) is 4.90. The second kappa shape index (κ2) is 10.9. The van der Waals surface area contributed by atoms with Crippen LogP contribution in [0.2, 0.25) is 0 Å². The number of halogens is 5. The first-order chi connectivity index (χ1) is 20.8. The topological polar surface area (TPSA) is 178 Å². The number of H-pyrrole nitrogens is 1. The van der Waals surface area contributed by atoms with Gasteiger partial charge in [-0.25, -0.2) is 23.5 Å². The lowest BCUT2D eigenvalue weighted by Gasteiger charge is -2.19. The molecule has 44 heavy (non-hydrogen) atoms. The van der Waals surface area contributed by atoms with Gasteiger partial charge in [-0.3, -0.25) is 23.6 Å². The van der Waals surface area contributed by atoms with Gasteiger partial charge in [0.2, 0.25) is 5.88 Å². The van der Waals surface area contributed by atoms with Crippen LogP contribution >= 0.6 is 8.60 Å². The van der Waals surface area contributed by atoms with Crippen molar-refractivity contribution in [2.24, 2.45) is 0 Å². The Morgan fingerprint density at radius 1 is 1.16 bits per heavy atom. The van der Waals surface area contributed by atoms with Crippen LogP contribution in [-0.2, 0) is 17.8 Å². The summed E-state index contributed by atoms with van der Waals surface area (Å²) in [5.74, 6) is -3.73. The fraction of sp³-hybridized carbons (Fsp3) is 0.304. The number of hydrogen-bond acceptors (Lipinski definition) is 11. The van der Waals surface area contributed by atoms with Crippen LogP contribution in [0, 0.1) is 0 Å². The molecule has 1 atom stereocenters. The van der Waals surface area contributed by atoms with Crippen molar-refractivity contribution in [2.45, 2.75) is 31.5 Å². The van der Waals surface area contributed by atoms with E-state index in [1.165, 1.54) is 40.1 Å². The minimum Gasteiger partial charge on any atom is -0.466 e. The van der Waals surface area contributed by atoms with Gasteiger partial charge in [0.25, 0.3) is 5.56 Å². The predicted molar refractivity (Wildman–Crippen MR) is 141 cm³/mol. The van der Waals surface area contributed by atoms with Gasteiger partial charge >= 0.3 is 26.4 Å². The van der Waals surface area contributed by atoms with Gasteiger partial charge in [-0.1, -0.05) is 0 Å². The van der Waals surface area contributed by atoms with Crippen molar-refractivity contribution < 1.29 is 41.0 Å². The molecular formula is C23H19F5N9O6P. The lowest BCUT2D eigenvalue weighted by Crippen LogP contribution is -2.36. The number of alkyl halides is 5. The number of anilines is 1. The molecule has 0 bridgehead atoms. The van der Waals surface area contributed by atoms with Gasteiger partial charge < -0.3 is 19.4 Å². The predicted octanol–water partition coefficient (Wildman–Crippen LogP) is 1.64. The molecule has 6 heterocycles. The zero-order valence-electron chi connectivity index (χ0n) is 21.9. The smallest absolute Gasteiger partial charge is 0.408 e. The molecule has 0 saturated carbocycles. The molecule has 5 aromatic heterocycles. The normalized spacial score (nSPS) is 16.9. The average molecular weight is 643 g/mol. The summed E-state index contributed by atoms with van der Waals surface area (Å²) < 4.78 is 82.3. The van der Waals surface area contributed by atoms with Gasteiger partial charge in [-0.2, -0.15) is 27.9 Å². The molecule has 0 radical (unpaired) electrons. The maximum absolute atomic E-state index is 15.3. The Labute approximate surface area is 241 Å². The first-order valence-corrected chi connectivity index (χ1v) is 13.6. The molecule has 1 aliphatic heterocycles. The third-order valence-corrected chi connectivity index (χ3v) is 6.96. The molecule has 3 N–H and O–H groups in total. The van der Waals surface area contributed by atoms with Crippen molar-refractivity contribution in [2.75, 3.05) is 18.0 Å². The Kier molecular flexibility index (Phi) is 7.31. The molecular weight excluding hydrogens is 624 g/mol. The zero-order valence-corrected chi connectivity index (χ0v) is 22.8. The van der Waals surface area contributed by atoms with E-state index in [0.717, 1.165) is 16.8 Å². The molecule has 0 spiro atoms. The number of hydrogen-bond donors (Lipinski definition) is 3. The molecule has 0 aromatic carbocycles. The minimum absolute atomic E-state index is 0.00549. The first kappa shape index (κ1) is 29.5. The van der Waals surface area contributed by atoms with Gasteiger partial charge in [0.15, 0.2) is 11.8 Å². The maximum Gasteiger partial charge on any atom is 0.408 e. The van der Waals surface area contributed by atoms with Crippen molar-refractivity contribution in [3.63, 3.8) is 0 Å². The van der Waals surface area contributed by atoms with Crippen LogP contribution in [0.1, 0.15) is 0 Å². The molecule has 0 amide bonds. The van der Waals surface area contributed by atoms with Crippen LogP contribution in [-0.4, -0.2) is 80.0 Å². The monoisotopic (exact) mass is 643 g/mol. The molecule has 21 heteroatoms. The van der Waals surface area contributed by atoms with Crippen LogP contribution in [0.25, 0.3) is 27.8 Å². The molecule has 1 aliphatic rings. The summed E-state index contributed by atoms with van der Waals surface area (Å²) in [6.07, 6.45) is -1.60. The number of nitrogens with one attached hydrogen (secondary N) is 1. The molecule has 1 saturated heterocycles. The van der Waals surface area contributed by atoms with E-state index in [4.69, 9.17) is 14.5 Å². The van der Waals surface area contributed by atoms with E-state index >= 15 is 8.78 Å². The fourth-order valence-electron chi connectivity index (χ4n) is 4.67. The van der Waals surface area contributed by atoms with Gasteiger partial charge in [0, 0.05) is 36.0 Å². The van der Waals surface area contributed by atoms with Crippen LogP contribution in [0.4, 0.5) is 27.8 Å². The highest BCUT2D eigenvalue weighted by Gasteiger charge is 2.51. The van der Waals surface area contributed by atoms with E-state index in [9.17, 15) is 22.8 Å². The highest BCUT2D eigenvalue weighted by Crippen LogP contribution is 2.35. The standard InChI is InChI=1S/C23H19F5N9O6P/c24-22(25)9-34(8-16(22)43-18-4-15-12(5-29-18)6-31-36(15)10-23(26,27)28)19-3-14(32-17-1-2-30-37(17)19)13-7-35(11-42-44(40)41)21(39)33-20(13)38/h1-7,16,40-41H,8-11H2,(H,33,38,39). The van der Waals surface area contributed by atoms with Gasteiger partial charge in [-0.05, 0) is 0 Å². The quantitative estimate of drug-likeness (QED) is 0.165. The summed E-state index contributed by atoms with van der Waals surface area (Å²) in [7, 11) is -2.81. The number of rotatable bonds is 8. The van der Waals surface area contributed by atoms with Crippen molar-refractivity contribution in [1.29, 1.82) is 0 Å². The number of aromatic amines is 1. The van der Waals surface area contributed by atoms with Gasteiger partial charge in [-0.15, -0.1) is 0 Å². The molecule has 0 aliphatic carbocycles. The van der Waals surface area contributed by atoms with Gasteiger partial charge in [0.05, 0.1) is 42.3 Å². The SMILES string of the molecule is O=c1[nH]c(=O)n(COP(O)O)cc1-c1cc(N2CC(Oc3cc4c(cn3)cnn4CC(F)(F)F)C(F)(F)C2)n2nccc2n1. The molecule has 1 unspecified atom stereocenters. The Hall–Kier alpha value is -4.52. The zero-order chi connectivity index (χ0) is 31.4. The van der Waals surface area contributed by atoms with Crippen LogP contribution in [0.15, 0.2) is 52.6 Å². The Bertz CT molecular complexity index is 1970. The number of fused-ring (bicyclic) bond motifs is 2. The molecule has 232 valence electrons. The van der Waals surface area contributed by atoms with Crippen molar-refractivity contribution in [3.8, 4) is 17.1 Å². The Morgan fingerprint density at radius 3 is 2.70 bits per heavy atom. The van der Waals surface area contributed by atoms with Crippen LogP contribution < -0.4 is 20.9 Å². The molecule has 6 rings (SSSR count). The minimum atomic E-state index is -4.57. The van der Waals surface area contributed by atoms with E-state index in [1.807, 2.05) is 0 Å². The summed E-state index contributed by atoms with van der Waals surface area (Å²) >= 11 is 0. The number of ether oxygens (including phenoxy) is 1. The Morgan fingerprint density at radius 2 is 1.95 bits per heavy atom. The summed E-state index contributed by atoms with van der Waals surface area (Å²) in [5, 5.41) is 8.06. The number of pyridine rings is 1. The third kappa shape index (κ3) is 5.83. The van der Waals surface area contributed by atoms with E-state index in [1.54, 1.807) is 0 Å². The lowest BCUT2D eigenvalue weighted by atomic mass is 10.2. The van der Waals surface area contributed by atoms with Gasteiger partial charge in [0.1, 0.15) is 19.1 Å². The molecule has 1 fully saturated rings. The first-order valence-electron chi connectivity index (χ1n) is 12.4. The van der Waals surface area contributed by atoms with E-state index in [2.05, 4.69) is 29.7 Å². The average Bonchev–Trinajstić information content (AvgIpc) is 3.64. The van der Waals surface area contributed by atoms with Crippen molar-refractivity contribution in [3.05, 3.63) is 63.8 Å². The van der Waals surface area contributed by atoms with Crippen LogP contribution in [0.5, 0.6) is 5.88 Å². The van der Waals surface area contributed by atoms with Crippen molar-refractivity contribution in [1.82, 2.24) is 38.9 Å². The largest absolute Gasteiger partial charge is 0.466 e. The van der Waals surface area contributed by atoms with E-state index in [0.29, 0.717) is 4.68 Å². The summed E-state index contributed by atoms with van der Waals surface area (Å²) in [6.45, 7) is -3.30. The lowest BCUT2D eigenvalue weighted by molar-refractivity contribution is -0.141. The molecule has 5 aromatic rings. The second-order valence-electron chi connectivity index (χ2n) is 9.63. The third-order valence-electron chi connectivity index (χ3n) is 6.62.